The summed E-state index contributed by atoms with van der Waals surface area (Å²) in [6, 6.07) is 13.5. The zero-order chi connectivity index (χ0) is 19.5. The number of hydrogen-bond donors (Lipinski definition) is 1. The molecule has 26 heavy (non-hydrogen) atoms. The molecular weight excluding hydrogens is 332 g/mol. The van der Waals surface area contributed by atoms with E-state index in [2.05, 4.69) is 0 Å². The van der Waals surface area contributed by atoms with Gasteiger partial charge in [0.15, 0.2) is 16.9 Å². The molecule has 1 aromatic carbocycles. The van der Waals surface area contributed by atoms with Crippen molar-refractivity contribution in [1.29, 1.82) is 26.3 Å². The van der Waals surface area contributed by atoms with Crippen molar-refractivity contribution < 1.29 is 9.47 Å². The highest BCUT2D eigenvalue weighted by atomic mass is 16.5. The van der Waals surface area contributed by atoms with Crippen LogP contribution in [0.4, 0.5) is 0 Å². The van der Waals surface area contributed by atoms with E-state index in [0.717, 1.165) is 0 Å². The molecule has 0 unspecified atom stereocenters. The Morgan fingerprint density at radius 3 is 1.96 bits per heavy atom. The van der Waals surface area contributed by atoms with Gasteiger partial charge in [0, 0.05) is 5.92 Å². The fourth-order valence-corrected chi connectivity index (χ4v) is 3.26. The molecule has 1 aliphatic rings. The fourth-order valence-electron chi connectivity index (χ4n) is 3.26. The lowest BCUT2D eigenvalue weighted by Gasteiger charge is -2.11. The van der Waals surface area contributed by atoms with Gasteiger partial charge >= 0.3 is 0 Å². The summed E-state index contributed by atoms with van der Waals surface area (Å²) in [6.07, 6.45) is 0. The molecule has 0 radical (unpaired) electrons. The number of rotatable bonds is 4. The molecule has 1 aromatic rings. The van der Waals surface area contributed by atoms with Crippen LogP contribution in [0.25, 0.3) is 0 Å². The monoisotopic (exact) mass is 344 g/mol. The summed E-state index contributed by atoms with van der Waals surface area (Å²) in [4.78, 5) is 0. The number of nitrogens with zero attached hydrogens (tertiary/aromatic N) is 5. The number of nitrogens with two attached hydrogens (primary N) is 1. The van der Waals surface area contributed by atoms with Crippen LogP contribution in [0.3, 0.4) is 0 Å². The minimum absolute atomic E-state index is 0.344. The van der Waals surface area contributed by atoms with E-state index in [-0.39, 0.29) is 5.70 Å². The van der Waals surface area contributed by atoms with E-state index in [4.69, 9.17) is 25.7 Å². The van der Waals surface area contributed by atoms with Crippen LogP contribution in [0, 0.1) is 67.5 Å². The van der Waals surface area contributed by atoms with Gasteiger partial charge < -0.3 is 15.2 Å². The van der Waals surface area contributed by atoms with Gasteiger partial charge in [-0.1, -0.05) is 6.07 Å². The Bertz CT molecular complexity index is 979. The first-order valence-electron chi connectivity index (χ1n) is 7.24. The van der Waals surface area contributed by atoms with E-state index in [9.17, 15) is 15.8 Å². The van der Waals surface area contributed by atoms with E-state index in [1.807, 2.05) is 18.2 Å². The molecular formula is C18H12N6O2. The molecule has 0 aliphatic heterocycles. The zero-order valence-electron chi connectivity index (χ0n) is 13.9. The molecule has 8 nitrogen and oxygen atoms in total. The average molecular weight is 344 g/mol. The summed E-state index contributed by atoms with van der Waals surface area (Å²) in [5.41, 5.74) is 1.85. The zero-order valence-corrected chi connectivity index (χ0v) is 13.9. The predicted octanol–water partition coefficient (Wildman–Crippen LogP) is 1.60. The van der Waals surface area contributed by atoms with Gasteiger partial charge in [0.2, 0.25) is 0 Å². The maximum atomic E-state index is 9.78. The van der Waals surface area contributed by atoms with Gasteiger partial charge in [-0.2, -0.15) is 26.3 Å². The largest absolute Gasteiger partial charge is 0.493 e. The molecule has 126 valence electrons. The Hall–Kier alpha value is -4.19. The molecule has 2 N–H and O–H groups in total. The van der Waals surface area contributed by atoms with Gasteiger partial charge in [-0.3, -0.25) is 0 Å². The molecule has 1 aliphatic carbocycles. The van der Waals surface area contributed by atoms with Crippen molar-refractivity contribution in [3.05, 3.63) is 35.0 Å². The third-order valence-electron chi connectivity index (χ3n) is 4.59. The number of allylic oxidation sites excluding steroid dienone is 2. The number of benzene rings is 1. The lowest BCUT2D eigenvalue weighted by atomic mass is 9.90. The second-order valence-electron chi connectivity index (χ2n) is 5.51. The van der Waals surface area contributed by atoms with Gasteiger partial charge in [-0.15, -0.1) is 0 Å². The van der Waals surface area contributed by atoms with Crippen LogP contribution < -0.4 is 15.2 Å². The molecule has 0 heterocycles. The predicted molar refractivity (Wildman–Crippen MR) is 86.4 cm³/mol. The molecule has 2 rings (SSSR count). The van der Waals surface area contributed by atoms with Gasteiger partial charge in [0.1, 0.15) is 23.1 Å². The van der Waals surface area contributed by atoms with Crippen LogP contribution in [-0.2, 0) is 0 Å². The van der Waals surface area contributed by atoms with Gasteiger partial charge in [-0.25, -0.2) is 0 Å². The quantitative estimate of drug-likeness (QED) is 0.804. The van der Waals surface area contributed by atoms with Crippen LogP contribution >= 0.6 is 0 Å². The lowest BCUT2D eigenvalue weighted by molar-refractivity contribution is 0.354. The van der Waals surface area contributed by atoms with Crippen molar-refractivity contribution in [2.24, 2.45) is 16.6 Å². The first-order chi connectivity index (χ1) is 12.5. The Labute approximate surface area is 150 Å². The Morgan fingerprint density at radius 1 is 0.962 bits per heavy atom. The summed E-state index contributed by atoms with van der Waals surface area (Å²) in [6.45, 7) is 0. The highest BCUT2D eigenvalue weighted by Gasteiger charge is 2.82. The van der Waals surface area contributed by atoms with Crippen molar-refractivity contribution >= 4 is 0 Å². The summed E-state index contributed by atoms with van der Waals surface area (Å²) in [5, 5.41) is 47.2. The fraction of sp³-hybridized carbons (Fsp3) is 0.278. The second-order valence-corrected chi connectivity index (χ2v) is 5.51. The molecule has 0 saturated heterocycles. The van der Waals surface area contributed by atoms with E-state index in [0.29, 0.717) is 17.1 Å². The van der Waals surface area contributed by atoms with Crippen LogP contribution in [0.1, 0.15) is 11.5 Å². The molecule has 0 spiro atoms. The number of methoxy groups -OCH3 is 2. The molecule has 2 atom stereocenters. The lowest BCUT2D eigenvalue weighted by Crippen LogP contribution is -2.20. The number of nitriles is 5. The maximum Gasteiger partial charge on any atom is 0.177 e. The van der Waals surface area contributed by atoms with Crippen LogP contribution in [-0.4, -0.2) is 14.2 Å². The average Bonchev–Trinajstić information content (AvgIpc) is 3.31. The van der Waals surface area contributed by atoms with Gasteiger partial charge in [0.25, 0.3) is 0 Å². The highest BCUT2D eigenvalue weighted by molar-refractivity contribution is 5.64. The first-order valence-corrected chi connectivity index (χ1v) is 7.24. The number of ether oxygens (including phenoxy) is 2. The first kappa shape index (κ1) is 18.2. The van der Waals surface area contributed by atoms with Crippen LogP contribution in [0.15, 0.2) is 29.5 Å². The third-order valence-corrected chi connectivity index (χ3v) is 4.59. The summed E-state index contributed by atoms with van der Waals surface area (Å²) >= 11 is 0. The molecule has 1 saturated carbocycles. The Kier molecular flexibility index (Phi) is 4.45. The normalized spacial score (nSPS) is 21.5. The van der Waals surface area contributed by atoms with Crippen molar-refractivity contribution in [3.63, 3.8) is 0 Å². The topological polar surface area (TPSA) is 163 Å². The molecule has 0 aromatic heterocycles. The smallest absolute Gasteiger partial charge is 0.177 e. The summed E-state index contributed by atoms with van der Waals surface area (Å²) in [5.74, 6) is -0.180. The third kappa shape index (κ3) is 2.03. The van der Waals surface area contributed by atoms with E-state index >= 15 is 0 Å². The highest BCUT2D eigenvalue weighted by Crippen LogP contribution is 2.76. The minimum Gasteiger partial charge on any atom is -0.493 e. The second kappa shape index (κ2) is 6.37. The summed E-state index contributed by atoms with van der Waals surface area (Å²) in [7, 11) is 2.88. The van der Waals surface area contributed by atoms with Crippen LogP contribution in [0.2, 0.25) is 0 Å². The Morgan fingerprint density at radius 2 is 1.54 bits per heavy atom. The summed E-state index contributed by atoms with van der Waals surface area (Å²) < 4.78 is 10.4. The van der Waals surface area contributed by atoms with Gasteiger partial charge in [-0.05, 0) is 17.7 Å². The van der Waals surface area contributed by atoms with Crippen molar-refractivity contribution in [1.82, 2.24) is 0 Å². The molecule has 1 fully saturated rings. The maximum absolute atomic E-state index is 9.78. The number of hydrogen-bond acceptors (Lipinski definition) is 8. The molecule has 0 bridgehead atoms. The van der Waals surface area contributed by atoms with Crippen LogP contribution in [0.5, 0.6) is 11.5 Å². The van der Waals surface area contributed by atoms with E-state index < -0.39 is 22.3 Å². The van der Waals surface area contributed by atoms with Crippen molar-refractivity contribution in [2.45, 2.75) is 5.92 Å². The Balaban J connectivity index is 2.78. The SMILES string of the molecule is COc1ccc([C@@H]2C(C#N)(C#N)[C@]2(C#N)C(N)=C(C#N)C#N)cc1OC. The van der Waals surface area contributed by atoms with Crippen molar-refractivity contribution in [3.8, 4) is 41.8 Å². The minimum atomic E-state index is -1.83. The molecule has 8 heteroatoms. The van der Waals surface area contributed by atoms with E-state index in [1.165, 1.54) is 20.3 Å². The van der Waals surface area contributed by atoms with E-state index in [1.54, 1.807) is 24.3 Å². The van der Waals surface area contributed by atoms with Crippen molar-refractivity contribution in [2.75, 3.05) is 14.2 Å². The standard InChI is InChI=1S/C18H12N6O2/c1-25-13-4-3-11(5-14(13)26-2)15-17(8-21,9-22)18(15,10-23)16(24)12(6-19)7-20/h3-5,15H,24H2,1-2H3/t15-,18+/m1/s1. The van der Waals surface area contributed by atoms with Gasteiger partial charge in [0.05, 0.1) is 38.1 Å². The molecule has 0 amide bonds.